The first-order valence-electron chi connectivity index (χ1n) is 4.34. The Labute approximate surface area is 83.1 Å². The number of anilines is 1. The van der Waals surface area contributed by atoms with Gasteiger partial charge in [0.15, 0.2) is 0 Å². The first-order chi connectivity index (χ1) is 6.65. The molecular weight excluding hydrogens is 180 g/mol. The van der Waals surface area contributed by atoms with Crippen molar-refractivity contribution in [2.45, 2.75) is 13.0 Å². The molecule has 0 bridgehead atoms. The Balaban J connectivity index is 2.80. The molecule has 4 nitrogen and oxygen atoms in total. The van der Waals surface area contributed by atoms with Gasteiger partial charge in [-0.25, -0.2) is 0 Å². The van der Waals surface area contributed by atoms with Gasteiger partial charge in [0.1, 0.15) is 5.75 Å². The summed E-state index contributed by atoms with van der Waals surface area (Å²) in [6.45, 7) is 1.63. The molecule has 0 saturated carbocycles. The lowest BCUT2D eigenvalue weighted by molar-refractivity contribution is -0.117. The highest BCUT2D eigenvalue weighted by Gasteiger charge is 2.09. The fourth-order valence-electron chi connectivity index (χ4n) is 0.994. The van der Waals surface area contributed by atoms with Gasteiger partial charge in [0, 0.05) is 0 Å². The van der Waals surface area contributed by atoms with Gasteiger partial charge in [-0.05, 0) is 19.1 Å². The lowest BCUT2D eigenvalue weighted by atomic mass is 10.2. The van der Waals surface area contributed by atoms with E-state index in [4.69, 9.17) is 10.5 Å². The molecule has 0 spiro atoms. The number of ether oxygens (including phenoxy) is 1. The third kappa shape index (κ3) is 2.47. The van der Waals surface area contributed by atoms with E-state index in [1.54, 1.807) is 26.2 Å². The molecule has 0 heterocycles. The van der Waals surface area contributed by atoms with Crippen LogP contribution >= 0.6 is 0 Å². The summed E-state index contributed by atoms with van der Waals surface area (Å²) in [5.74, 6) is 0.399. The zero-order chi connectivity index (χ0) is 10.6. The third-order valence-electron chi connectivity index (χ3n) is 1.78. The summed E-state index contributed by atoms with van der Waals surface area (Å²) in [6.07, 6.45) is 0. The number of carbonyl (C=O) groups excluding carboxylic acids is 1. The van der Waals surface area contributed by atoms with Crippen LogP contribution in [0.5, 0.6) is 5.75 Å². The lowest BCUT2D eigenvalue weighted by Crippen LogP contribution is -2.32. The van der Waals surface area contributed by atoms with Crippen LogP contribution in [0.25, 0.3) is 0 Å². The van der Waals surface area contributed by atoms with Crippen LogP contribution in [0.2, 0.25) is 0 Å². The highest BCUT2D eigenvalue weighted by atomic mass is 16.5. The summed E-state index contributed by atoms with van der Waals surface area (Å²) < 4.78 is 5.07. The van der Waals surface area contributed by atoms with Crippen molar-refractivity contribution in [2.75, 3.05) is 12.4 Å². The highest BCUT2D eigenvalue weighted by molar-refractivity contribution is 5.95. The fraction of sp³-hybridized carbons (Fsp3) is 0.300. The number of carbonyl (C=O) groups is 1. The third-order valence-corrected chi connectivity index (χ3v) is 1.78. The Morgan fingerprint density at radius 1 is 1.50 bits per heavy atom. The van der Waals surface area contributed by atoms with Crippen LogP contribution in [0.4, 0.5) is 5.69 Å². The van der Waals surface area contributed by atoms with Crippen molar-refractivity contribution in [2.24, 2.45) is 5.73 Å². The summed E-state index contributed by atoms with van der Waals surface area (Å²) in [7, 11) is 1.55. The van der Waals surface area contributed by atoms with E-state index in [-0.39, 0.29) is 5.91 Å². The number of methoxy groups -OCH3 is 1. The van der Waals surface area contributed by atoms with Crippen LogP contribution in [0.3, 0.4) is 0 Å². The maximum atomic E-state index is 11.3. The summed E-state index contributed by atoms with van der Waals surface area (Å²) in [4.78, 5) is 11.3. The molecule has 0 aliphatic rings. The maximum Gasteiger partial charge on any atom is 0.241 e. The van der Waals surface area contributed by atoms with Crippen LogP contribution in [-0.2, 0) is 4.79 Å². The second-order valence-corrected chi connectivity index (χ2v) is 2.98. The average Bonchev–Trinajstić information content (AvgIpc) is 2.18. The van der Waals surface area contributed by atoms with E-state index < -0.39 is 6.04 Å². The predicted octanol–water partition coefficient (Wildman–Crippen LogP) is 0.981. The van der Waals surface area contributed by atoms with Crippen LogP contribution in [-0.4, -0.2) is 19.1 Å². The summed E-state index contributed by atoms with van der Waals surface area (Å²) in [5, 5.41) is 2.67. The van der Waals surface area contributed by atoms with Crippen molar-refractivity contribution >= 4 is 11.6 Å². The van der Waals surface area contributed by atoms with Gasteiger partial charge in [-0.2, -0.15) is 0 Å². The molecule has 14 heavy (non-hydrogen) atoms. The Morgan fingerprint density at radius 2 is 2.14 bits per heavy atom. The van der Waals surface area contributed by atoms with Gasteiger partial charge in [0.25, 0.3) is 0 Å². The van der Waals surface area contributed by atoms with E-state index in [2.05, 4.69) is 5.32 Å². The van der Waals surface area contributed by atoms with Gasteiger partial charge in [-0.3, -0.25) is 4.79 Å². The molecule has 3 N–H and O–H groups in total. The van der Waals surface area contributed by atoms with Crippen molar-refractivity contribution in [3.63, 3.8) is 0 Å². The molecule has 1 atom stereocenters. The maximum absolute atomic E-state index is 11.3. The molecule has 0 aliphatic carbocycles. The number of para-hydroxylation sites is 2. The molecule has 1 aromatic rings. The molecule has 0 radical (unpaired) electrons. The van der Waals surface area contributed by atoms with E-state index in [1.807, 2.05) is 12.1 Å². The second kappa shape index (κ2) is 4.62. The molecule has 76 valence electrons. The quantitative estimate of drug-likeness (QED) is 0.753. The van der Waals surface area contributed by atoms with E-state index >= 15 is 0 Å². The number of amides is 1. The normalized spacial score (nSPS) is 11.9. The minimum atomic E-state index is -0.528. The number of hydrogen-bond acceptors (Lipinski definition) is 3. The monoisotopic (exact) mass is 194 g/mol. The smallest absolute Gasteiger partial charge is 0.241 e. The minimum Gasteiger partial charge on any atom is -0.495 e. The van der Waals surface area contributed by atoms with Crippen molar-refractivity contribution < 1.29 is 9.53 Å². The van der Waals surface area contributed by atoms with Crippen molar-refractivity contribution in [1.29, 1.82) is 0 Å². The van der Waals surface area contributed by atoms with Gasteiger partial charge < -0.3 is 15.8 Å². The first kappa shape index (κ1) is 10.5. The number of rotatable bonds is 3. The van der Waals surface area contributed by atoms with E-state index in [1.165, 1.54) is 0 Å². The SMILES string of the molecule is COc1ccccc1NC(=O)[C@@H](C)N. The Bertz CT molecular complexity index is 324. The van der Waals surface area contributed by atoms with Crippen molar-refractivity contribution in [1.82, 2.24) is 0 Å². The van der Waals surface area contributed by atoms with Gasteiger partial charge in [0.2, 0.25) is 5.91 Å². The van der Waals surface area contributed by atoms with Crippen molar-refractivity contribution in [3.05, 3.63) is 24.3 Å². The summed E-state index contributed by atoms with van der Waals surface area (Å²) in [5.41, 5.74) is 6.06. The molecular formula is C10H14N2O2. The van der Waals surface area contributed by atoms with Gasteiger partial charge in [-0.15, -0.1) is 0 Å². The predicted molar refractivity (Wildman–Crippen MR) is 55.3 cm³/mol. The highest BCUT2D eigenvalue weighted by Crippen LogP contribution is 2.22. The van der Waals surface area contributed by atoms with Gasteiger partial charge >= 0.3 is 0 Å². The zero-order valence-electron chi connectivity index (χ0n) is 8.28. The van der Waals surface area contributed by atoms with Gasteiger partial charge in [0.05, 0.1) is 18.8 Å². The Hall–Kier alpha value is -1.55. The molecule has 0 saturated heterocycles. The molecule has 0 unspecified atom stereocenters. The number of nitrogens with two attached hydrogens (primary N) is 1. The molecule has 0 fully saturated rings. The Morgan fingerprint density at radius 3 is 2.71 bits per heavy atom. The summed E-state index contributed by atoms with van der Waals surface area (Å²) in [6, 6.07) is 6.66. The van der Waals surface area contributed by atoms with Crippen LogP contribution in [0, 0.1) is 0 Å². The standard InChI is InChI=1S/C10H14N2O2/c1-7(11)10(13)12-8-5-3-4-6-9(8)14-2/h3-7H,11H2,1-2H3,(H,12,13)/t7-/m1/s1. The lowest BCUT2D eigenvalue weighted by Gasteiger charge is -2.10. The average molecular weight is 194 g/mol. The Kier molecular flexibility index (Phi) is 3.48. The summed E-state index contributed by atoms with van der Waals surface area (Å²) >= 11 is 0. The molecule has 0 aliphatic heterocycles. The number of benzene rings is 1. The topological polar surface area (TPSA) is 64.3 Å². The van der Waals surface area contributed by atoms with Crippen LogP contribution < -0.4 is 15.8 Å². The molecule has 0 aromatic heterocycles. The van der Waals surface area contributed by atoms with E-state index in [0.717, 1.165) is 0 Å². The fourth-order valence-corrected chi connectivity index (χ4v) is 0.994. The van der Waals surface area contributed by atoms with Crippen molar-refractivity contribution in [3.8, 4) is 5.75 Å². The molecule has 1 aromatic carbocycles. The number of nitrogens with one attached hydrogen (secondary N) is 1. The minimum absolute atomic E-state index is 0.227. The van der Waals surface area contributed by atoms with Crippen LogP contribution in [0.15, 0.2) is 24.3 Å². The molecule has 1 rings (SSSR count). The second-order valence-electron chi connectivity index (χ2n) is 2.98. The van der Waals surface area contributed by atoms with Gasteiger partial charge in [-0.1, -0.05) is 12.1 Å². The van der Waals surface area contributed by atoms with Crippen LogP contribution in [0.1, 0.15) is 6.92 Å². The zero-order valence-corrected chi connectivity index (χ0v) is 8.28. The number of hydrogen-bond donors (Lipinski definition) is 2. The largest absolute Gasteiger partial charge is 0.495 e. The van der Waals surface area contributed by atoms with E-state index in [0.29, 0.717) is 11.4 Å². The van der Waals surface area contributed by atoms with E-state index in [9.17, 15) is 4.79 Å². The molecule has 4 heteroatoms. The first-order valence-corrected chi connectivity index (χ1v) is 4.34. The molecule has 1 amide bonds.